The predicted octanol–water partition coefficient (Wildman–Crippen LogP) is 2.43. The quantitative estimate of drug-likeness (QED) is 0.479. The lowest BCUT2D eigenvalue weighted by molar-refractivity contribution is 0.438. The Morgan fingerprint density at radius 2 is 1.45 bits per heavy atom. The van der Waals surface area contributed by atoms with E-state index in [4.69, 9.17) is 0 Å². The molecule has 0 rings (SSSR count). The van der Waals surface area contributed by atoms with Gasteiger partial charge < -0.3 is 0 Å². The van der Waals surface area contributed by atoms with Gasteiger partial charge in [-0.15, -0.1) is 0 Å². The summed E-state index contributed by atoms with van der Waals surface area (Å²) < 4.78 is 0. The molecule has 0 aliphatic carbocycles. The summed E-state index contributed by atoms with van der Waals surface area (Å²) in [5.41, 5.74) is 0. The molecule has 0 aromatic heterocycles. The van der Waals surface area contributed by atoms with Crippen LogP contribution in [-0.2, 0) is 0 Å². The van der Waals surface area contributed by atoms with Gasteiger partial charge in [-0.2, -0.15) is 0 Å². The van der Waals surface area contributed by atoms with E-state index in [0.29, 0.717) is 0 Å². The highest BCUT2D eigenvalue weighted by atomic mass is 15.0. The van der Waals surface area contributed by atoms with Crippen LogP contribution in [-0.4, -0.2) is 0 Å². The maximum absolute atomic E-state index is 4.00. The molecule has 70 valence electrons. The zero-order valence-corrected chi connectivity index (χ0v) is 8.27. The van der Waals surface area contributed by atoms with E-state index < -0.39 is 0 Å². The summed E-state index contributed by atoms with van der Waals surface area (Å²) in [4.78, 5) is 0. The van der Waals surface area contributed by atoms with Crippen molar-refractivity contribution in [3.05, 3.63) is 0 Å². The van der Waals surface area contributed by atoms with Crippen molar-refractivity contribution >= 4 is 0 Å². The minimum Gasteiger partial charge on any atom is -0.274 e. The van der Waals surface area contributed by atoms with Crippen molar-refractivity contribution in [2.45, 2.75) is 52.9 Å². The molecule has 0 aliphatic heterocycles. The van der Waals surface area contributed by atoms with E-state index in [0.717, 1.165) is 5.92 Å². The van der Waals surface area contributed by atoms with Crippen LogP contribution in [0.3, 0.4) is 0 Å². The van der Waals surface area contributed by atoms with Crippen molar-refractivity contribution in [3.63, 3.8) is 0 Å². The van der Waals surface area contributed by atoms with E-state index >= 15 is 0 Å². The second-order valence-electron chi connectivity index (χ2n) is 2.82. The summed E-state index contributed by atoms with van der Waals surface area (Å²) >= 11 is 0. The van der Waals surface area contributed by atoms with Gasteiger partial charge in [0.25, 0.3) is 0 Å². The van der Waals surface area contributed by atoms with Gasteiger partial charge >= 0.3 is 0 Å². The maximum Gasteiger partial charge on any atom is -0.0420 e. The van der Waals surface area contributed by atoms with Gasteiger partial charge in [-0.1, -0.05) is 52.9 Å². The first-order valence-corrected chi connectivity index (χ1v) is 4.68. The molecule has 0 atom stereocenters. The fourth-order valence-electron chi connectivity index (χ4n) is 1.19. The van der Waals surface area contributed by atoms with Crippen molar-refractivity contribution in [1.82, 2.24) is 0 Å². The van der Waals surface area contributed by atoms with Gasteiger partial charge in [0.2, 0.25) is 0 Å². The molecule has 11 heavy (non-hydrogen) atoms. The molecular weight excluding hydrogens is 136 g/mol. The van der Waals surface area contributed by atoms with Crippen molar-refractivity contribution in [2.24, 2.45) is 17.6 Å². The second kappa shape index (κ2) is 12.6. The van der Waals surface area contributed by atoms with Crippen molar-refractivity contribution in [3.8, 4) is 0 Å². The van der Waals surface area contributed by atoms with E-state index in [-0.39, 0.29) is 0 Å². The lowest BCUT2D eigenvalue weighted by atomic mass is 9.97. The molecule has 0 bridgehead atoms. The molecule has 0 saturated heterocycles. The van der Waals surface area contributed by atoms with E-state index in [9.17, 15) is 0 Å². The third-order valence-electron chi connectivity index (χ3n) is 2.12. The Labute approximate surface area is 71.3 Å². The van der Waals surface area contributed by atoms with Gasteiger partial charge in [0, 0.05) is 0 Å². The summed E-state index contributed by atoms with van der Waals surface area (Å²) in [6.07, 6.45) is 6.97. The Balaban J connectivity index is 0. The molecule has 0 aromatic carbocycles. The lowest BCUT2D eigenvalue weighted by Gasteiger charge is -2.09. The lowest BCUT2D eigenvalue weighted by Crippen LogP contribution is -2.02. The Morgan fingerprint density at radius 1 is 1.00 bits per heavy atom. The molecule has 0 spiro atoms. The standard InChI is InChI=1S/C9H20.H4N2/c1-4-7-8-9(5-2)6-3;1-2/h9H,4-8H2,1-3H3;1-2H2. The minimum atomic E-state index is 1.00. The zero-order chi connectivity index (χ0) is 9.11. The van der Waals surface area contributed by atoms with Gasteiger partial charge in [-0.25, -0.2) is 0 Å². The summed E-state index contributed by atoms with van der Waals surface area (Å²) in [5.74, 6) is 9.00. The molecule has 0 radical (unpaired) electrons. The average Bonchev–Trinajstić information content (AvgIpc) is 2.10. The first-order valence-electron chi connectivity index (χ1n) is 4.68. The van der Waals surface area contributed by atoms with E-state index in [2.05, 4.69) is 32.5 Å². The number of hydrogen-bond donors (Lipinski definition) is 2. The van der Waals surface area contributed by atoms with Crippen LogP contribution in [0.4, 0.5) is 0 Å². The maximum atomic E-state index is 4.00. The van der Waals surface area contributed by atoms with E-state index in [1.165, 1.54) is 32.1 Å². The summed E-state index contributed by atoms with van der Waals surface area (Å²) in [7, 11) is 0. The topological polar surface area (TPSA) is 52.0 Å². The molecule has 0 fully saturated rings. The number of hydrazine groups is 1. The molecule has 0 aliphatic rings. The SMILES string of the molecule is CCCCC(CC)CC.NN. The fraction of sp³-hybridized carbons (Fsp3) is 1.00. The molecule has 4 N–H and O–H groups in total. The van der Waals surface area contributed by atoms with Crippen LogP contribution in [0.15, 0.2) is 0 Å². The first kappa shape index (κ1) is 13.5. The highest BCUT2D eigenvalue weighted by molar-refractivity contribution is 4.53. The Morgan fingerprint density at radius 3 is 1.73 bits per heavy atom. The highest BCUT2D eigenvalue weighted by Crippen LogP contribution is 2.15. The molecule has 2 nitrogen and oxygen atoms in total. The Hall–Kier alpha value is -0.0800. The van der Waals surface area contributed by atoms with Crippen LogP contribution in [0, 0.1) is 5.92 Å². The van der Waals surface area contributed by atoms with Crippen LogP contribution in [0.5, 0.6) is 0 Å². The smallest absolute Gasteiger partial charge is 0.0420 e. The van der Waals surface area contributed by atoms with Crippen LogP contribution in [0.25, 0.3) is 0 Å². The number of rotatable bonds is 5. The highest BCUT2D eigenvalue weighted by Gasteiger charge is 2.00. The molecule has 0 unspecified atom stereocenters. The van der Waals surface area contributed by atoms with Gasteiger partial charge in [0.15, 0.2) is 0 Å². The molecular formula is C9H24N2. The monoisotopic (exact) mass is 160 g/mol. The minimum absolute atomic E-state index is 1.00. The van der Waals surface area contributed by atoms with Gasteiger partial charge in [-0.3, -0.25) is 11.7 Å². The Kier molecular flexibility index (Phi) is 15.4. The van der Waals surface area contributed by atoms with Crippen LogP contribution in [0.1, 0.15) is 52.9 Å². The largest absolute Gasteiger partial charge is 0.274 e. The molecule has 0 heterocycles. The first-order chi connectivity index (χ1) is 5.35. The third-order valence-corrected chi connectivity index (χ3v) is 2.12. The molecule has 0 aromatic rings. The predicted molar refractivity (Wildman–Crippen MR) is 52.0 cm³/mol. The summed E-state index contributed by atoms with van der Waals surface area (Å²) in [5, 5.41) is 0. The third kappa shape index (κ3) is 9.92. The van der Waals surface area contributed by atoms with Crippen molar-refractivity contribution in [1.29, 1.82) is 0 Å². The van der Waals surface area contributed by atoms with E-state index in [1.807, 2.05) is 0 Å². The van der Waals surface area contributed by atoms with Gasteiger partial charge in [0.05, 0.1) is 0 Å². The van der Waals surface area contributed by atoms with Crippen LogP contribution < -0.4 is 11.7 Å². The normalized spacial score (nSPS) is 9.27. The molecule has 0 saturated carbocycles. The zero-order valence-electron chi connectivity index (χ0n) is 8.27. The number of unbranched alkanes of at least 4 members (excludes halogenated alkanes) is 1. The molecule has 0 amide bonds. The second-order valence-corrected chi connectivity index (χ2v) is 2.82. The van der Waals surface area contributed by atoms with Crippen molar-refractivity contribution in [2.75, 3.05) is 0 Å². The summed E-state index contributed by atoms with van der Waals surface area (Å²) in [6, 6.07) is 0. The summed E-state index contributed by atoms with van der Waals surface area (Å²) in [6.45, 7) is 6.86. The molecule has 2 heteroatoms. The van der Waals surface area contributed by atoms with Gasteiger partial charge in [0.1, 0.15) is 0 Å². The van der Waals surface area contributed by atoms with Gasteiger partial charge in [-0.05, 0) is 5.92 Å². The van der Waals surface area contributed by atoms with E-state index in [1.54, 1.807) is 0 Å². The average molecular weight is 160 g/mol. The fourth-order valence-corrected chi connectivity index (χ4v) is 1.19. The number of nitrogens with two attached hydrogens (primary N) is 2. The van der Waals surface area contributed by atoms with Crippen molar-refractivity contribution < 1.29 is 0 Å². The van der Waals surface area contributed by atoms with Crippen LogP contribution >= 0.6 is 0 Å². The number of hydrogen-bond acceptors (Lipinski definition) is 2. The van der Waals surface area contributed by atoms with Crippen LogP contribution in [0.2, 0.25) is 0 Å². The Bertz CT molecular complexity index is 51.5.